The topological polar surface area (TPSA) is 87.9 Å². The average Bonchev–Trinajstić information content (AvgIpc) is 2.64. The van der Waals surface area contributed by atoms with Crippen molar-refractivity contribution in [3.63, 3.8) is 0 Å². The second kappa shape index (κ2) is 9.14. The Morgan fingerprint density at radius 3 is 2.81 bits per heavy atom. The molecule has 1 aromatic carbocycles. The van der Waals surface area contributed by atoms with Crippen LogP contribution in [0.25, 0.3) is 0 Å². The van der Waals surface area contributed by atoms with E-state index in [1.807, 2.05) is 0 Å². The molecule has 142 valence electrons. The number of halogens is 1. The minimum atomic E-state index is -0.548. The molecule has 0 fully saturated rings. The number of nitrogens with zero attached hydrogens (tertiary/aromatic N) is 2. The number of carbonyl (C=O) groups excluding carboxylic acids is 3. The van der Waals surface area contributed by atoms with Crippen molar-refractivity contribution in [3.8, 4) is 5.75 Å². The number of hydrogen-bond donors (Lipinski definition) is 1. The number of rotatable bonds is 6. The van der Waals surface area contributed by atoms with Crippen LogP contribution >= 0.6 is 11.6 Å². The Hall–Kier alpha value is -2.93. The molecule has 0 radical (unpaired) electrons. The van der Waals surface area contributed by atoms with Crippen molar-refractivity contribution in [3.05, 3.63) is 40.6 Å². The third-order valence-corrected chi connectivity index (χ3v) is 3.86. The SMILES string of the molecule is COCCOc1c(Cl)cccc1NC(=O)C=C=C1C=[N+](C)C(=O)N(C)C1=O. The monoisotopic (exact) mass is 392 g/mol. The summed E-state index contributed by atoms with van der Waals surface area (Å²) in [5.41, 5.74) is 3.06. The van der Waals surface area contributed by atoms with E-state index >= 15 is 0 Å². The van der Waals surface area contributed by atoms with Crippen molar-refractivity contribution in [1.82, 2.24) is 4.90 Å². The van der Waals surface area contributed by atoms with E-state index in [1.165, 1.54) is 24.9 Å². The number of benzene rings is 1. The van der Waals surface area contributed by atoms with Gasteiger partial charge in [0.05, 0.1) is 31.4 Å². The van der Waals surface area contributed by atoms with Crippen LogP contribution in [0.4, 0.5) is 10.5 Å². The molecule has 0 saturated heterocycles. The second-order valence-corrected chi connectivity index (χ2v) is 5.94. The van der Waals surface area contributed by atoms with Gasteiger partial charge in [0.2, 0.25) is 0 Å². The van der Waals surface area contributed by atoms with Gasteiger partial charge in [0.15, 0.2) is 5.75 Å². The number of anilines is 1. The molecule has 1 aliphatic rings. The molecule has 9 heteroatoms. The maximum atomic E-state index is 12.2. The first-order chi connectivity index (χ1) is 12.8. The van der Waals surface area contributed by atoms with Crippen LogP contribution < -0.4 is 10.1 Å². The highest BCUT2D eigenvalue weighted by Gasteiger charge is 2.34. The maximum Gasteiger partial charge on any atom is 0.500 e. The maximum absolute atomic E-state index is 12.2. The molecule has 0 saturated carbocycles. The fourth-order valence-electron chi connectivity index (χ4n) is 2.20. The van der Waals surface area contributed by atoms with Crippen molar-refractivity contribution in [2.75, 3.05) is 39.7 Å². The van der Waals surface area contributed by atoms with Crippen molar-refractivity contribution in [2.45, 2.75) is 0 Å². The third kappa shape index (κ3) is 5.04. The van der Waals surface area contributed by atoms with Crippen molar-refractivity contribution in [2.24, 2.45) is 0 Å². The van der Waals surface area contributed by atoms with Crippen LogP contribution in [0.2, 0.25) is 5.02 Å². The van der Waals surface area contributed by atoms with Crippen LogP contribution in [0.1, 0.15) is 0 Å². The summed E-state index contributed by atoms with van der Waals surface area (Å²) in [6, 6.07) is 4.46. The van der Waals surface area contributed by atoms with E-state index in [0.29, 0.717) is 23.1 Å². The number of nitrogens with one attached hydrogen (secondary N) is 1. The number of likely N-dealkylation sites (N-methyl/N-ethyl adjacent to an activating group) is 1. The minimum absolute atomic E-state index is 0.0809. The molecule has 0 atom stereocenters. The Morgan fingerprint density at radius 2 is 2.11 bits per heavy atom. The van der Waals surface area contributed by atoms with Crippen LogP contribution in [0, 0.1) is 0 Å². The van der Waals surface area contributed by atoms with E-state index in [-0.39, 0.29) is 12.2 Å². The van der Waals surface area contributed by atoms with Gasteiger partial charge in [0.1, 0.15) is 18.4 Å². The van der Waals surface area contributed by atoms with E-state index in [4.69, 9.17) is 21.1 Å². The molecule has 0 aliphatic carbocycles. The normalized spacial score (nSPS) is 13.9. The lowest BCUT2D eigenvalue weighted by molar-refractivity contribution is -0.397. The number of amides is 4. The number of hydrogen-bond acceptors (Lipinski definition) is 5. The minimum Gasteiger partial charge on any atom is -0.487 e. The Morgan fingerprint density at radius 1 is 1.37 bits per heavy atom. The van der Waals surface area contributed by atoms with E-state index in [9.17, 15) is 14.4 Å². The van der Waals surface area contributed by atoms with Gasteiger partial charge in [-0.05, 0) is 12.1 Å². The van der Waals surface area contributed by atoms with E-state index in [0.717, 1.165) is 11.0 Å². The Bertz CT molecular complexity index is 872. The van der Waals surface area contributed by atoms with Crippen LogP contribution in [0.15, 0.2) is 35.6 Å². The highest BCUT2D eigenvalue weighted by Crippen LogP contribution is 2.32. The zero-order valence-corrected chi connectivity index (χ0v) is 15.9. The molecule has 1 aromatic rings. The molecule has 4 amide bonds. The molecule has 0 spiro atoms. The highest BCUT2D eigenvalue weighted by atomic mass is 35.5. The summed E-state index contributed by atoms with van der Waals surface area (Å²) in [4.78, 5) is 36.9. The highest BCUT2D eigenvalue weighted by molar-refractivity contribution is 6.32. The molecule has 0 unspecified atom stereocenters. The second-order valence-electron chi connectivity index (χ2n) is 5.54. The van der Waals surface area contributed by atoms with Gasteiger partial charge in [0, 0.05) is 13.2 Å². The summed E-state index contributed by atoms with van der Waals surface area (Å²) in [6.45, 7) is 0.626. The predicted molar refractivity (Wildman–Crippen MR) is 99.5 cm³/mol. The fourth-order valence-corrected chi connectivity index (χ4v) is 2.43. The first-order valence-corrected chi connectivity index (χ1v) is 8.30. The zero-order valence-electron chi connectivity index (χ0n) is 15.1. The van der Waals surface area contributed by atoms with Crippen molar-refractivity contribution < 1.29 is 28.4 Å². The molecule has 0 bridgehead atoms. The summed E-state index contributed by atoms with van der Waals surface area (Å²) in [5, 5.41) is 2.96. The first kappa shape index (κ1) is 20.4. The van der Waals surface area contributed by atoms with Crippen LogP contribution in [-0.2, 0) is 14.3 Å². The van der Waals surface area contributed by atoms with Gasteiger partial charge in [-0.3, -0.25) is 4.79 Å². The van der Waals surface area contributed by atoms with E-state index in [1.54, 1.807) is 25.3 Å². The summed E-state index contributed by atoms with van der Waals surface area (Å²) >= 11 is 6.12. The third-order valence-electron chi connectivity index (χ3n) is 3.56. The number of ether oxygens (including phenoxy) is 2. The molecule has 2 rings (SSSR count). The van der Waals surface area contributed by atoms with Crippen LogP contribution in [0.5, 0.6) is 5.75 Å². The molecule has 27 heavy (non-hydrogen) atoms. The lowest BCUT2D eigenvalue weighted by Crippen LogP contribution is -2.44. The predicted octanol–water partition coefficient (Wildman–Crippen LogP) is 1.69. The lowest BCUT2D eigenvalue weighted by Gasteiger charge is -2.13. The number of para-hydroxylation sites is 1. The van der Waals surface area contributed by atoms with Gasteiger partial charge in [-0.1, -0.05) is 23.4 Å². The smallest absolute Gasteiger partial charge is 0.487 e. The molecule has 1 heterocycles. The van der Waals surface area contributed by atoms with Crippen LogP contribution in [-0.4, -0.2) is 68.0 Å². The number of methoxy groups -OCH3 is 1. The van der Waals surface area contributed by atoms with Gasteiger partial charge in [0.25, 0.3) is 5.91 Å². The van der Waals surface area contributed by atoms with Gasteiger partial charge in [-0.2, -0.15) is 14.3 Å². The Balaban J connectivity index is 2.21. The van der Waals surface area contributed by atoms with Crippen molar-refractivity contribution in [1.29, 1.82) is 0 Å². The Labute approximate surface area is 161 Å². The standard InChI is InChI=1S/C18H18ClN3O5/c1-21-11-12(17(24)22(2)18(21)25)7-8-15(23)20-14-6-4-5-13(19)16(14)27-10-9-26-3/h4-6,8,11H,9-10H2,1-3H3/p+1. The molecule has 0 aromatic heterocycles. The zero-order chi connectivity index (χ0) is 20.0. The summed E-state index contributed by atoms with van der Waals surface area (Å²) in [6.07, 6.45) is 2.38. The van der Waals surface area contributed by atoms with E-state index < -0.39 is 17.8 Å². The lowest BCUT2D eigenvalue weighted by atomic mass is 10.2. The molecular formula is C18H19ClN3O5+. The van der Waals surface area contributed by atoms with Gasteiger partial charge in [-0.15, -0.1) is 0 Å². The first-order valence-electron chi connectivity index (χ1n) is 7.92. The van der Waals surface area contributed by atoms with Crippen LogP contribution in [0.3, 0.4) is 0 Å². The average molecular weight is 393 g/mol. The Kier molecular flexibility index (Phi) is 6.90. The summed E-state index contributed by atoms with van der Waals surface area (Å²) < 4.78 is 11.7. The van der Waals surface area contributed by atoms with Gasteiger partial charge < -0.3 is 14.8 Å². The fraction of sp³-hybridized carbons (Fsp3) is 0.278. The van der Waals surface area contributed by atoms with E-state index in [2.05, 4.69) is 11.0 Å². The number of carbonyl (C=O) groups is 3. The molecule has 1 aliphatic heterocycles. The largest absolute Gasteiger partial charge is 0.500 e. The van der Waals surface area contributed by atoms with Gasteiger partial charge in [-0.25, -0.2) is 4.79 Å². The number of imide groups is 1. The summed E-state index contributed by atoms with van der Waals surface area (Å²) in [5.74, 6) is -0.769. The molecular weight excluding hydrogens is 374 g/mol. The summed E-state index contributed by atoms with van der Waals surface area (Å²) in [7, 11) is 4.40. The van der Waals surface area contributed by atoms with Gasteiger partial charge >= 0.3 is 11.9 Å². The number of urea groups is 1. The quantitative estimate of drug-likeness (QED) is 0.344. The molecule has 8 nitrogen and oxygen atoms in total. The molecule has 1 N–H and O–H groups in total. The van der Waals surface area contributed by atoms with Crippen molar-refractivity contribution >= 4 is 41.3 Å².